The van der Waals surface area contributed by atoms with Crippen molar-refractivity contribution >= 4 is 28.9 Å². The van der Waals surface area contributed by atoms with E-state index in [1.165, 1.54) is 5.56 Å². The third-order valence-corrected chi connectivity index (χ3v) is 5.49. The zero-order valence-corrected chi connectivity index (χ0v) is 16.9. The molecule has 0 amide bonds. The first kappa shape index (κ1) is 18.3. The molecule has 0 N–H and O–H groups in total. The lowest BCUT2D eigenvalue weighted by Gasteiger charge is -2.30. The zero-order valence-electron chi connectivity index (χ0n) is 15.4. The van der Waals surface area contributed by atoms with E-state index in [-0.39, 0.29) is 0 Å². The van der Waals surface area contributed by atoms with Crippen molar-refractivity contribution in [1.29, 1.82) is 0 Å². The van der Waals surface area contributed by atoms with Gasteiger partial charge in [-0.2, -0.15) is 10.2 Å². The van der Waals surface area contributed by atoms with Crippen LogP contribution in [0.25, 0.3) is 5.82 Å². The Labute approximate surface area is 168 Å². The number of aryl methyl sites for hydroxylation is 1. The second-order valence-electron chi connectivity index (χ2n) is 7.17. The van der Waals surface area contributed by atoms with Gasteiger partial charge in [0, 0.05) is 35.4 Å². The number of hydrogen-bond donors (Lipinski definition) is 0. The topological polar surface area (TPSA) is 46.8 Å². The molecule has 1 aliphatic rings. The average molecular weight is 402 g/mol. The summed E-state index contributed by atoms with van der Waals surface area (Å²) in [5, 5.41) is 14.7. The second kappa shape index (κ2) is 7.49. The monoisotopic (exact) mass is 401 g/mol. The molecule has 0 unspecified atom stereocenters. The summed E-state index contributed by atoms with van der Waals surface area (Å²) in [6.07, 6.45) is 5.87. The number of anilines is 1. The van der Waals surface area contributed by atoms with Crippen molar-refractivity contribution in [3.8, 4) is 5.82 Å². The number of nitrogens with zero attached hydrogens (tertiary/aromatic N) is 5. The van der Waals surface area contributed by atoms with E-state index >= 15 is 0 Å². The van der Waals surface area contributed by atoms with Gasteiger partial charge in [-0.1, -0.05) is 37.0 Å². The maximum absolute atomic E-state index is 6.37. The first-order valence-corrected chi connectivity index (χ1v) is 9.87. The minimum absolute atomic E-state index is 0.422. The summed E-state index contributed by atoms with van der Waals surface area (Å²) in [4.78, 5) is 2.29. The Morgan fingerprint density at radius 2 is 2.00 bits per heavy atom. The summed E-state index contributed by atoms with van der Waals surface area (Å²) in [5.74, 6) is 1.15. The van der Waals surface area contributed by atoms with Crippen LogP contribution in [0.15, 0.2) is 36.7 Å². The van der Waals surface area contributed by atoms with Crippen LogP contribution < -0.4 is 4.90 Å². The number of hydrogen-bond acceptors (Lipinski definition) is 4. The van der Waals surface area contributed by atoms with Crippen LogP contribution in [0.1, 0.15) is 43.0 Å². The zero-order chi connectivity index (χ0) is 19.0. The van der Waals surface area contributed by atoms with E-state index in [1.807, 2.05) is 30.6 Å². The highest BCUT2D eigenvalue weighted by molar-refractivity contribution is 6.33. The van der Waals surface area contributed by atoms with Crippen molar-refractivity contribution < 1.29 is 0 Å². The number of fused-ring (bicyclic) bond motifs is 1. The second-order valence-corrected chi connectivity index (χ2v) is 8.01. The van der Waals surface area contributed by atoms with E-state index in [1.54, 1.807) is 4.68 Å². The van der Waals surface area contributed by atoms with E-state index in [4.69, 9.17) is 23.2 Å². The van der Waals surface area contributed by atoms with Crippen LogP contribution in [-0.4, -0.2) is 26.5 Å². The van der Waals surface area contributed by atoms with Crippen molar-refractivity contribution in [3.05, 3.63) is 63.5 Å². The maximum Gasteiger partial charge on any atom is 0.177 e. The van der Waals surface area contributed by atoms with Gasteiger partial charge in [-0.05, 0) is 48.1 Å². The van der Waals surface area contributed by atoms with Gasteiger partial charge in [0.1, 0.15) is 0 Å². The Kier molecular flexibility index (Phi) is 5.06. The number of benzene rings is 1. The molecule has 2 aromatic heterocycles. The van der Waals surface area contributed by atoms with Crippen molar-refractivity contribution in [1.82, 2.24) is 20.0 Å². The van der Waals surface area contributed by atoms with Gasteiger partial charge in [0.05, 0.1) is 17.6 Å². The first-order chi connectivity index (χ1) is 13.0. The fourth-order valence-corrected chi connectivity index (χ4v) is 3.69. The molecule has 0 fully saturated rings. The molecule has 0 saturated heterocycles. The molecule has 0 saturated carbocycles. The minimum atomic E-state index is 0.422. The van der Waals surface area contributed by atoms with Crippen molar-refractivity contribution in [2.45, 2.75) is 39.2 Å². The lowest BCUT2D eigenvalue weighted by Crippen LogP contribution is -2.30. The van der Waals surface area contributed by atoms with Gasteiger partial charge in [-0.25, -0.2) is 4.68 Å². The molecule has 3 aromatic rings. The maximum atomic E-state index is 6.37. The summed E-state index contributed by atoms with van der Waals surface area (Å²) >= 11 is 12.5. The van der Waals surface area contributed by atoms with Crippen molar-refractivity contribution in [2.24, 2.45) is 0 Å². The molecule has 140 valence electrons. The number of halogens is 2. The molecular formula is C20H21Cl2N5. The molecule has 0 aliphatic carbocycles. The molecule has 1 aliphatic heterocycles. The van der Waals surface area contributed by atoms with Gasteiger partial charge < -0.3 is 4.90 Å². The molecular weight excluding hydrogens is 381 g/mol. The fourth-order valence-electron chi connectivity index (χ4n) is 3.31. The smallest absolute Gasteiger partial charge is 0.177 e. The fraction of sp³-hybridized carbons (Fsp3) is 0.350. The van der Waals surface area contributed by atoms with E-state index in [0.29, 0.717) is 17.5 Å². The molecule has 0 radical (unpaired) electrons. The van der Waals surface area contributed by atoms with Gasteiger partial charge in [-0.15, -0.1) is 5.10 Å². The Bertz CT molecular complexity index is 967. The molecule has 27 heavy (non-hydrogen) atoms. The summed E-state index contributed by atoms with van der Waals surface area (Å²) in [7, 11) is 0. The molecule has 1 aromatic carbocycles. The van der Waals surface area contributed by atoms with Crippen LogP contribution in [0.3, 0.4) is 0 Å². The highest BCUT2D eigenvalue weighted by Gasteiger charge is 2.21. The number of aromatic nitrogens is 4. The Morgan fingerprint density at radius 3 is 2.78 bits per heavy atom. The van der Waals surface area contributed by atoms with Gasteiger partial charge in [0.15, 0.2) is 5.82 Å². The van der Waals surface area contributed by atoms with E-state index in [2.05, 4.69) is 40.1 Å². The van der Waals surface area contributed by atoms with Crippen molar-refractivity contribution in [3.63, 3.8) is 0 Å². The summed E-state index contributed by atoms with van der Waals surface area (Å²) < 4.78 is 1.79. The van der Waals surface area contributed by atoms with Gasteiger partial charge in [-0.3, -0.25) is 0 Å². The lowest BCUT2D eigenvalue weighted by atomic mass is 10.1. The average Bonchev–Trinajstić information content (AvgIpc) is 3.15. The summed E-state index contributed by atoms with van der Waals surface area (Å²) in [5.41, 5.74) is 4.29. The Balaban J connectivity index is 1.67. The molecule has 5 nitrogen and oxygen atoms in total. The third kappa shape index (κ3) is 3.80. The Hall–Kier alpha value is -2.11. The lowest BCUT2D eigenvalue weighted by molar-refractivity contribution is 0.660. The summed E-state index contributed by atoms with van der Waals surface area (Å²) in [6, 6.07) is 7.65. The first-order valence-electron chi connectivity index (χ1n) is 9.11. The molecule has 3 heterocycles. The predicted octanol–water partition coefficient (Wildman–Crippen LogP) is 5.05. The van der Waals surface area contributed by atoms with E-state index < -0.39 is 0 Å². The van der Waals surface area contributed by atoms with Crippen LogP contribution in [0.2, 0.25) is 10.0 Å². The molecule has 0 atom stereocenters. The predicted molar refractivity (Wildman–Crippen MR) is 109 cm³/mol. The highest BCUT2D eigenvalue weighted by atomic mass is 35.5. The van der Waals surface area contributed by atoms with Gasteiger partial charge >= 0.3 is 0 Å². The van der Waals surface area contributed by atoms with Crippen LogP contribution in [-0.2, 0) is 13.0 Å². The minimum Gasteiger partial charge on any atom is -0.365 e. The quantitative estimate of drug-likeness (QED) is 0.613. The van der Waals surface area contributed by atoms with Crippen LogP contribution >= 0.6 is 23.2 Å². The molecule has 7 heteroatoms. The van der Waals surface area contributed by atoms with Crippen molar-refractivity contribution in [2.75, 3.05) is 11.4 Å². The van der Waals surface area contributed by atoms with Crippen LogP contribution in [0.5, 0.6) is 0 Å². The third-order valence-electron chi connectivity index (χ3n) is 4.89. The largest absolute Gasteiger partial charge is 0.365 e. The highest BCUT2D eigenvalue weighted by Crippen LogP contribution is 2.30. The summed E-state index contributed by atoms with van der Waals surface area (Å²) in [6.45, 7) is 5.93. The van der Waals surface area contributed by atoms with Crippen LogP contribution in [0.4, 0.5) is 5.69 Å². The van der Waals surface area contributed by atoms with Crippen LogP contribution in [0, 0.1) is 0 Å². The molecule has 0 bridgehead atoms. The molecule has 0 spiro atoms. The number of rotatable bonds is 4. The van der Waals surface area contributed by atoms with Gasteiger partial charge in [0.25, 0.3) is 0 Å². The Morgan fingerprint density at radius 1 is 1.15 bits per heavy atom. The van der Waals surface area contributed by atoms with E-state index in [9.17, 15) is 0 Å². The SMILES string of the molecule is CC(C)c1cnn(-c2cc3c(nn2)CCCN3Cc2cc(Cl)ccc2Cl)c1. The molecule has 4 rings (SSSR count). The standard InChI is InChI=1S/C20H21Cl2N5/c1-13(2)15-10-23-27(12-15)20-9-19-18(24-25-20)4-3-7-26(19)11-14-8-16(21)5-6-17(14)22/h5-6,8-10,12-13H,3-4,7,11H2,1-2H3. The normalized spacial score (nSPS) is 13.9. The van der Waals surface area contributed by atoms with E-state index in [0.717, 1.165) is 47.2 Å². The van der Waals surface area contributed by atoms with Gasteiger partial charge in [0.2, 0.25) is 0 Å².